The minimum absolute atomic E-state index is 0.765. The van der Waals surface area contributed by atoms with Crippen molar-refractivity contribution in [1.29, 1.82) is 0 Å². The van der Waals surface area contributed by atoms with Gasteiger partial charge in [-0.05, 0) is 47.9 Å². The summed E-state index contributed by atoms with van der Waals surface area (Å²) < 4.78 is 0. The highest BCUT2D eigenvalue weighted by Gasteiger charge is 1.99. The second-order valence-corrected chi connectivity index (χ2v) is 5.17. The molecule has 0 aliphatic rings. The van der Waals surface area contributed by atoms with E-state index in [9.17, 15) is 0 Å². The minimum atomic E-state index is 0.765. The van der Waals surface area contributed by atoms with Crippen LogP contribution in [0.1, 0.15) is 18.1 Å². The molecule has 3 nitrogen and oxygen atoms in total. The lowest BCUT2D eigenvalue weighted by atomic mass is 10.1. The summed E-state index contributed by atoms with van der Waals surface area (Å²) in [4.78, 5) is 4.60. The van der Waals surface area contributed by atoms with Crippen molar-refractivity contribution in [2.24, 2.45) is 0 Å². The van der Waals surface area contributed by atoms with Gasteiger partial charge in [0.25, 0.3) is 0 Å². The van der Waals surface area contributed by atoms with Crippen LogP contribution in [0.5, 0.6) is 0 Å². The molecule has 0 aliphatic carbocycles. The fourth-order valence-electron chi connectivity index (χ4n) is 2.33. The van der Waals surface area contributed by atoms with Crippen molar-refractivity contribution in [2.45, 2.75) is 19.9 Å². The number of hydrogen-bond donors (Lipinski definition) is 2. The van der Waals surface area contributed by atoms with Crippen molar-refractivity contribution in [3.63, 3.8) is 0 Å². The molecular weight excluding hydrogens is 258 g/mol. The standard InChI is InChI=1S/C18H19N3/c1-2-13-3-5-14(6-4-13)12-20-18-10-7-15-11-16(19)8-9-17(15)21-18/h3-11H,2,12,19H2,1H3,(H,20,21). The van der Waals surface area contributed by atoms with Crippen LogP contribution in [0.15, 0.2) is 54.6 Å². The topological polar surface area (TPSA) is 50.9 Å². The number of hydrogen-bond acceptors (Lipinski definition) is 3. The average molecular weight is 277 g/mol. The van der Waals surface area contributed by atoms with Crippen molar-refractivity contribution in [3.8, 4) is 0 Å². The summed E-state index contributed by atoms with van der Waals surface area (Å²) in [5, 5.41) is 4.43. The molecule has 0 fully saturated rings. The lowest BCUT2D eigenvalue weighted by Crippen LogP contribution is -2.01. The third kappa shape index (κ3) is 3.14. The molecule has 3 aromatic rings. The molecule has 0 radical (unpaired) electrons. The van der Waals surface area contributed by atoms with Gasteiger partial charge in [0, 0.05) is 17.6 Å². The number of nitrogen functional groups attached to an aromatic ring is 1. The van der Waals surface area contributed by atoms with Gasteiger partial charge in [-0.3, -0.25) is 0 Å². The van der Waals surface area contributed by atoms with E-state index >= 15 is 0 Å². The average Bonchev–Trinajstić information content (AvgIpc) is 2.53. The maximum Gasteiger partial charge on any atom is 0.126 e. The largest absolute Gasteiger partial charge is 0.399 e. The van der Waals surface area contributed by atoms with Crippen molar-refractivity contribution >= 4 is 22.4 Å². The van der Waals surface area contributed by atoms with Crippen molar-refractivity contribution < 1.29 is 0 Å². The molecule has 0 spiro atoms. The molecule has 1 aromatic heterocycles. The Kier molecular flexibility index (Phi) is 3.73. The van der Waals surface area contributed by atoms with Crippen molar-refractivity contribution in [2.75, 3.05) is 11.1 Å². The highest BCUT2D eigenvalue weighted by atomic mass is 15.0. The maximum atomic E-state index is 5.78. The molecule has 0 amide bonds. The van der Waals surface area contributed by atoms with Gasteiger partial charge >= 0.3 is 0 Å². The first-order chi connectivity index (χ1) is 10.2. The molecular formula is C18H19N3. The third-order valence-corrected chi connectivity index (χ3v) is 3.62. The third-order valence-electron chi connectivity index (χ3n) is 3.62. The van der Waals surface area contributed by atoms with Crippen LogP contribution in [0.25, 0.3) is 10.9 Å². The van der Waals surface area contributed by atoms with E-state index in [0.29, 0.717) is 0 Å². The van der Waals surface area contributed by atoms with Crippen LogP contribution in [-0.4, -0.2) is 4.98 Å². The van der Waals surface area contributed by atoms with Gasteiger partial charge in [0.1, 0.15) is 5.82 Å². The zero-order valence-electron chi connectivity index (χ0n) is 12.1. The first-order valence-electron chi connectivity index (χ1n) is 7.22. The van der Waals surface area contributed by atoms with Crippen LogP contribution in [0.2, 0.25) is 0 Å². The molecule has 0 saturated heterocycles. The Hall–Kier alpha value is -2.55. The van der Waals surface area contributed by atoms with E-state index in [4.69, 9.17) is 5.73 Å². The Bertz CT molecular complexity index is 748. The van der Waals surface area contributed by atoms with E-state index in [1.165, 1.54) is 11.1 Å². The number of benzene rings is 2. The van der Waals surface area contributed by atoms with Crippen molar-refractivity contribution in [3.05, 3.63) is 65.7 Å². The maximum absolute atomic E-state index is 5.78. The van der Waals surface area contributed by atoms with Crippen LogP contribution < -0.4 is 11.1 Å². The number of fused-ring (bicyclic) bond motifs is 1. The lowest BCUT2D eigenvalue weighted by molar-refractivity contribution is 1.09. The fraction of sp³-hybridized carbons (Fsp3) is 0.167. The van der Waals surface area contributed by atoms with E-state index in [1.54, 1.807) is 0 Å². The van der Waals surface area contributed by atoms with Gasteiger partial charge in [0.15, 0.2) is 0 Å². The van der Waals surface area contributed by atoms with Crippen LogP contribution in [0.4, 0.5) is 11.5 Å². The van der Waals surface area contributed by atoms with Crippen molar-refractivity contribution in [1.82, 2.24) is 4.98 Å². The highest BCUT2D eigenvalue weighted by molar-refractivity contribution is 5.83. The molecule has 21 heavy (non-hydrogen) atoms. The second kappa shape index (κ2) is 5.83. The molecule has 0 saturated carbocycles. The smallest absolute Gasteiger partial charge is 0.126 e. The summed E-state index contributed by atoms with van der Waals surface area (Å²) in [5.74, 6) is 0.881. The predicted molar refractivity (Wildman–Crippen MR) is 89.3 cm³/mol. The van der Waals surface area contributed by atoms with Gasteiger partial charge in [-0.25, -0.2) is 4.98 Å². The Labute approximate surface area is 124 Å². The zero-order chi connectivity index (χ0) is 14.7. The SMILES string of the molecule is CCc1ccc(CNc2ccc3cc(N)ccc3n2)cc1. The molecule has 1 heterocycles. The fourth-order valence-corrected chi connectivity index (χ4v) is 2.33. The van der Waals surface area contributed by atoms with Crippen LogP contribution in [0, 0.1) is 0 Å². The summed E-state index contributed by atoms with van der Waals surface area (Å²) in [7, 11) is 0. The summed E-state index contributed by atoms with van der Waals surface area (Å²) >= 11 is 0. The number of aromatic nitrogens is 1. The Morgan fingerprint density at radius 3 is 2.48 bits per heavy atom. The van der Waals surface area contributed by atoms with Crippen LogP contribution in [0.3, 0.4) is 0 Å². The number of nitrogens with one attached hydrogen (secondary N) is 1. The second-order valence-electron chi connectivity index (χ2n) is 5.17. The van der Waals surface area contributed by atoms with E-state index < -0.39 is 0 Å². The summed E-state index contributed by atoms with van der Waals surface area (Å²) in [6.07, 6.45) is 1.07. The van der Waals surface area contributed by atoms with E-state index in [0.717, 1.165) is 35.4 Å². The molecule has 0 unspecified atom stereocenters. The Morgan fingerprint density at radius 1 is 0.952 bits per heavy atom. The zero-order valence-corrected chi connectivity index (χ0v) is 12.1. The number of pyridine rings is 1. The summed E-state index contributed by atoms with van der Waals surface area (Å²) in [5.41, 5.74) is 10.1. The predicted octanol–water partition coefficient (Wildman–Crippen LogP) is 3.99. The van der Waals surface area contributed by atoms with Gasteiger partial charge in [0.05, 0.1) is 5.52 Å². The minimum Gasteiger partial charge on any atom is -0.399 e. The molecule has 2 aromatic carbocycles. The Balaban J connectivity index is 1.73. The summed E-state index contributed by atoms with van der Waals surface area (Å²) in [6, 6.07) is 18.5. The van der Waals surface area contributed by atoms with E-state index in [2.05, 4.69) is 41.5 Å². The summed E-state index contributed by atoms with van der Waals surface area (Å²) in [6.45, 7) is 2.94. The molecule has 3 N–H and O–H groups in total. The van der Waals surface area contributed by atoms with E-state index in [-0.39, 0.29) is 0 Å². The van der Waals surface area contributed by atoms with Crippen LogP contribution in [-0.2, 0) is 13.0 Å². The van der Waals surface area contributed by atoms with Crippen LogP contribution >= 0.6 is 0 Å². The molecule has 3 heteroatoms. The monoisotopic (exact) mass is 277 g/mol. The number of nitrogens with two attached hydrogens (primary N) is 1. The molecule has 0 bridgehead atoms. The number of rotatable bonds is 4. The van der Waals surface area contributed by atoms with Gasteiger partial charge < -0.3 is 11.1 Å². The number of aryl methyl sites for hydroxylation is 1. The number of nitrogens with zero attached hydrogens (tertiary/aromatic N) is 1. The molecule has 106 valence electrons. The lowest BCUT2D eigenvalue weighted by Gasteiger charge is -2.08. The highest BCUT2D eigenvalue weighted by Crippen LogP contribution is 2.18. The van der Waals surface area contributed by atoms with Gasteiger partial charge in [-0.2, -0.15) is 0 Å². The molecule has 0 atom stereocenters. The first-order valence-corrected chi connectivity index (χ1v) is 7.22. The van der Waals surface area contributed by atoms with Gasteiger partial charge in [0.2, 0.25) is 0 Å². The van der Waals surface area contributed by atoms with E-state index in [1.807, 2.05) is 30.3 Å². The molecule has 0 aliphatic heterocycles. The molecule has 3 rings (SSSR count). The Morgan fingerprint density at radius 2 is 1.71 bits per heavy atom. The van der Waals surface area contributed by atoms with Gasteiger partial charge in [-0.15, -0.1) is 0 Å². The first kappa shape index (κ1) is 13.4. The number of anilines is 2. The quantitative estimate of drug-likeness (QED) is 0.709. The van der Waals surface area contributed by atoms with Gasteiger partial charge in [-0.1, -0.05) is 31.2 Å². The normalized spacial score (nSPS) is 10.7.